The maximum Gasteiger partial charge on any atom is 0.129 e. The van der Waals surface area contributed by atoms with E-state index in [2.05, 4.69) is 10.2 Å². The maximum absolute atomic E-state index is 14.4. The number of hydrogen-bond donors (Lipinski definition) is 1. The highest BCUT2D eigenvalue weighted by Crippen LogP contribution is 2.42. The highest BCUT2D eigenvalue weighted by Gasteiger charge is 2.34. The first kappa shape index (κ1) is 17.0. The molecule has 1 aromatic rings. The van der Waals surface area contributed by atoms with Gasteiger partial charge in [0.15, 0.2) is 0 Å². The van der Waals surface area contributed by atoms with Crippen molar-refractivity contribution in [3.8, 4) is 0 Å². The van der Waals surface area contributed by atoms with Crippen molar-refractivity contribution >= 4 is 24.0 Å². The average Bonchev–Trinajstić information content (AvgIpc) is 2.98. The van der Waals surface area contributed by atoms with E-state index in [-0.39, 0.29) is 24.3 Å². The summed E-state index contributed by atoms with van der Waals surface area (Å²) < 4.78 is 14.4. The molecule has 2 nitrogen and oxygen atoms in total. The molecule has 2 fully saturated rings. The molecule has 0 unspecified atom stereocenters. The fourth-order valence-electron chi connectivity index (χ4n) is 3.74. The van der Waals surface area contributed by atoms with Gasteiger partial charge in [0.2, 0.25) is 0 Å². The zero-order chi connectivity index (χ0) is 13.9. The normalized spacial score (nSPS) is 22.0. The zero-order valence-electron chi connectivity index (χ0n) is 12.2. The average molecular weight is 333 g/mol. The van der Waals surface area contributed by atoms with E-state index in [1.807, 2.05) is 6.07 Å². The maximum atomic E-state index is 14.4. The van der Waals surface area contributed by atoms with Crippen molar-refractivity contribution in [3.63, 3.8) is 0 Å². The summed E-state index contributed by atoms with van der Waals surface area (Å²) in [4.78, 5) is 2.43. The fourth-order valence-corrected chi connectivity index (χ4v) is 4.02. The van der Waals surface area contributed by atoms with Crippen LogP contribution in [0.2, 0.25) is 5.02 Å². The number of nitrogens with zero attached hydrogens (tertiary/aromatic N) is 1. The summed E-state index contributed by atoms with van der Waals surface area (Å²) in [6.07, 6.45) is 4.91. The quantitative estimate of drug-likeness (QED) is 0.898. The van der Waals surface area contributed by atoms with Crippen LogP contribution < -0.4 is 5.32 Å². The number of rotatable bonds is 3. The van der Waals surface area contributed by atoms with Gasteiger partial charge in [-0.05, 0) is 30.9 Å². The second-order valence-electron chi connectivity index (χ2n) is 5.91. The molecule has 0 aromatic heterocycles. The number of halogens is 3. The Morgan fingerprint density at radius 2 is 1.86 bits per heavy atom. The molecular weight excluding hydrogens is 310 g/mol. The predicted molar refractivity (Wildman–Crippen MR) is 87.8 cm³/mol. The van der Waals surface area contributed by atoms with E-state index in [1.165, 1.54) is 25.7 Å². The Balaban J connectivity index is 0.00000161. The Labute approximate surface area is 137 Å². The molecule has 1 N–H and O–H groups in total. The number of piperazine rings is 1. The molecule has 2 aliphatic rings. The third-order valence-electron chi connectivity index (χ3n) is 4.69. The largest absolute Gasteiger partial charge is 0.314 e. The minimum absolute atomic E-state index is 0. The summed E-state index contributed by atoms with van der Waals surface area (Å²) in [6.45, 7) is 3.92. The highest BCUT2D eigenvalue weighted by molar-refractivity contribution is 6.31. The topological polar surface area (TPSA) is 15.3 Å². The van der Waals surface area contributed by atoms with Crippen LogP contribution in [0.25, 0.3) is 0 Å². The van der Waals surface area contributed by atoms with Crippen molar-refractivity contribution in [2.24, 2.45) is 5.92 Å². The molecule has 1 atom stereocenters. The van der Waals surface area contributed by atoms with E-state index in [9.17, 15) is 4.39 Å². The third-order valence-corrected chi connectivity index (χ3v) is 5.02. The molecule has 5 heteroatoms. The van der Waals surface area contributed by atoms with Gasteiger partial charge in [-0.1, -0.05) is 30.5 Å². The van der Waals surface area contributed by atoms with Crippen LogP contribution in [0.15, 0.2) is 18.2 Å². The van der Waals surface area contributed by atoms with Crippen LogP contribution in [0, 0.1) is 11.7 Å². The lowest BCUT2D eigenvalue weighted by Crippen LogP contribution is -2.47. The van der Waals surface area contributed by atoms with Gasteiger partial charge in [-0.25, -0.2) is 4.39 Å². The smallest absolute Gasteiger partial charge is 0.129 e. The monoisotopic (exact) mass is 332 g/mol. The van der Waals surface area contributed by atoms with Crippen LogP contribution in [0.5, 0.6) is 0 Å². The molecule has 0 amide bonds. The van der Waals surface area contributed by atoms with Crippen molar-refractivity contribution in [1.82, 2.24) is 10.2 Å². The van der Waals surface area contributed by atoms with E-state index >= 15 is 0 Å². The molecule has 1 aliphatic carbocycles. The predicted octanol–water partition coefficient (Wildman–Crippen LogP) is 4.04. The molecular formula is C16H23Cl2FN2. The molecule has 1 saturated carbocycles. The van der Waals surface area contributed by atoms with Gasteiger partial charge in [-0.3, -0.25) is 4.90 Å². The van der Waals surface area contributed by atoms with Crippen LogP contribution in [0.4, 0.5) is 4.39 Å². The molecule has 1 heterocycles. The van der Waals surface area contributed by atoms with Crippen LogP contribution in [-0.2, 0) is 0 Å². The van der Waals surface area contributed by atoms with E-state index in [0.29, 0.717) is 10.9 Å². The second-order valence-corrected chi connectivity index (χ2v) is 6.32. The Hall–Kier alpha value is -0.350. The van der Waals surface area contributed by atoms with Gasteiger partial charge in [0.25, 0.3) is 0 Å². The van der Waals surface area contributed by atoms with Gasteiger partial charge in [-0.15, -0.1) is 12.4 Å². The van der Waals surface area contributed by atoms with E-state index < -0.39 is 0 Å². The standard InChI is InChI=1S/C16H22ClFN2.ClH/c17-13-6-3-7-14(18)15(13)16(12-4-1-2-5-12)20-10-8-19-9-11-20;/h3,6-7,12,16,19H,1-2,4-5,8-11H2;1H/t16-;/m1./s1. The summed E-state index contributed by atoms with van der Waals surface area (Å²) in [5, 5.41) is 3.96. The molecule has 1 aromatic carbocycles. The van der Waals surface area contributed by atoms with Gasteiger partial charge in [-0.2, -0.15) is 0 Å². The lowest BCUT2D eigenvalue weighted by atomic mass is 9.89. The molecule has 1 aliphatic heterocycles. The second kappa shape index (κ2) is 7.77. The lowest BCUT2D eigenvalue weighted by molar-refractivity contribution is 0.122. The first-order valence-corrected chi connectivity index (χ1v) is 8.04. The van der Waals surface area contributed by atoms with Crippen molar-refractivity contribution in [1.29, 1.82) is 0 Å². The molecule has 118 valence electrons. The Bertz CT molecular complexity index is 437. The molecule has 1 saturated heterocycles. The first-order chi connectivity index (χ1) is 9.77. The summed E-state index contributed by atoms with van der Waals surface area (Å²) in [7, 11) is 0. The highest BCUT2D eigenvalue weighted by atomic mass is 35.5. The molecule has 3 rings (SSSR count). The Morgan fingerprint density at radius 3 is 2.48 bits per heavy atom. The number of hydrogen-bond acceptors (Lipinski definition) is 2. The summed E-state index contributed by atoms with van der Waals surface area (Å²) in [5.41, 5.74) is 0.725. The van der Waals surface area contributed by atoms with Gasteiger partial charge < -0.3 is 5.32 Å². The third kappa shape index (κ3) is 3.70. The van der Waals surface area contributed by atoms with Crippen molar-refractivity contribution < 1.29 is 4.39 Å². The number of nitrogens with one attached hydrogen (secondary N) is 1. The molecule has 0 bridgehead atoms. The number of benzene rings is 1. The van der Waals surface area contributed by atoms with E-state index in [4.69, 9.17) is 11.6 Å². The molecule has 21 heavy (non-hydrogen) atoms. The van der Waals surface area contributed by atoms with E-state index in [0.717, 1.165) is 31.7 Å². The van der Waals surface area contributed by atoms with Crippen molar-refractivity contribution in [2.45, 2.75) is 31.7 Å². The summed E-state index contributed by atoms with van der Waals surface area (Å²) >= 11 is 6.34. The summed E-state index contributed by atoms with van der Waals surface area (Å²) in [5.74, 6) is 0.399. The minimum atomic E-state index is -0.145. The van der Waals surface area contributed by atoms with Crippen molar-refractivity contribution in [3.05, 3.63) is 34.6 Å². The van der Waals surface area contributed by atoms with Crippen LogP contribution in [-0.4, -0.2) is 31.1 Å². The Morgan fingerprint density at radius 1 is 1.19 bits per heavy atom. The zero-order valence-corrected chi connectivity index (χ0v) is 13.7. The SMILES string of the molecule is Cl.Fc1cccc(Cl)c1[C@@H](C1CCCC1)N1CCNCC1. The van der Waals surface area contributed by atoms with Crippen LogP contribution in [0.3, 0.4) is 0 Å². The van der Waals surface area contributed by atoms with Gasteiger partial charge in [0.05, 0.1) is 0 Å². The van der Waals surface area contributed by atoms with Gasteiger partial charge in [0.1, 0.15) is 5.82 Å². The van der Waals surface area contributed by atoms with Crippen LogP contribution >= 0.6 is 24.0 Å². The first-order valence-electron chi connectivity index (χ1n) is 7.66. The van der Waals surface area contributed by atoms with Gasteiger partial charge in [0, 0.05) is 42.8 Å². The molecule has 0 spiro atoms. The minimum Gasteiger partial charge on any atom is -0.314 e. The summed E-state index contributed by atoms with van der Waals surface area (Å²) in [6, 6.07) is 5.22. The Kier molecular flexibility index (Phi) is 6.30. The van der Waals surface area contributed by atoms with Crippen LogP contribution in [0.1, 0.15) is 37.3 Å². The molecule has 0 radical (unpaired) electrons. The van der Waals surface area contributed by atoms with Crippen molar-refractivity contribution in [2.75, 3.05) is 26.2 Å². The lowest BCUT2D eigenvalue weighted by Gasteiger charge is -2.39. The van der Waals surface area contributed by atoms with Gasteiger partial charge >= 0.3 is 0 Å². The van der Waals surface area contributed by atoms with E-state index in [1.54, 1.807) is 12.1 Å². The fraction of sp³-hybridized carbons (Fsp3) is 0.625.